The Morgan fingerprint density at radius 1 is 1.04 bits per heavy atom. The molecule has 0 aromatic rings. The first-order valence-corrected chi connectivity index (χ1v) is 8.76. The Kier molecular flexibility index (Phi) is 4.60. The van der Waals surface area contributed by atoms with Gasteiger partial charge in [-0.05, 0) is 38.0 Å². The largest absolute Gasteiger partial charge is 0.481 e. The average Bonchev–Trinajstić information content (AvgIpc) is 3.14. The summed E-state index contributed by atoms with van der Waals surface area (Å²) in [6.07, 6.45) is 5.20. The first kappa shape index (κ1) is 16.3. The van der Waals surface area contributed by atoms with E-state index in [0.717, 1.165) is 31.6 Å². The molecule has 3 fully saturated rings. The third kappa shape index (κ3) is 3.35. The summed E-state index contributed by atoms with van der Waals surface area (Å²) < 4.78 is 0. The van der Waals surface area contributed by atoms with Crippen molar-refractivity contribution in [2.24, 2.45) is 17.8 Å². The Morgan fingerprint density at radius 3 is 2.35 bits per heavy atom. The number of likely N-dealkylation sites (tertiary alicyclic amines) is 2. The lowest BCUT2D eigenvalue weighted by molar-refractivity contribution is -0.141. The summed E-state index contributed by atoms with van der Waals surface area (Å²) in [6.45, 7) is 3.56. The molecule has 0 spiro atoms. The van der Waals surface area contributed by atoms with E-state index in [9.17, 15) is 14.4 Å². The number of hydrogen-bond acceptors (Lipinski definition) is 3. The summed E-state index contributed by atoms with van der Waals surface area (Å²) in [7, 11) is 0. The summed E-state index contributed by atoms with van der Waals surface area (Å²) >= 11 is 0. The van der Waals surface area contributed by atoms with Crippen molar-refractivity contribution in [2.45, 2.75) is 51.5 Å². The quantitative estimate of drug-likeness (QED) is 0.851. The van der Waals surface area contributed by atoms with Crippen molar-refractivity contribution in [1.82, 2.24) is 9.80 Å². The van der Waals surface area contributed by atoms with Crippen LogP contribution in [0.1, 0.15) is 45.4 Å². The number of carbonyl (C=O) groups is 3. The van der Waals surface area contributed by atoms with Crippen LogP contribution >= 0.6 is 0 Å². The minimum absolute atomic E-state index is 0.0335. The van der Waals surface area contributed by atoms with Crippen LogP contribution < -0.4 is 0 Å². The van der Waals surface area contributed by atoms with Gasteiger partial charge in [-0.2, -0.15) is 0 Å². The number of aliphatic carboxylic acids is 1. The topological polar surface area (TPSA) is 77.9 Å². The van der Waals surface area contributed by atoms with Crippen molar-refractivity contribution >= 4 is 17.8 Å². The molecule has 2 unspecified atom stereocenters. The maximum absolute atomic E-state index is 12.6. The van der Waals surface area contributed by atoms with Gasteiger partial charge in [-0.15, -0.1) is 0 Å². The van der Waals surface area contributed by atoms with E-state index in [1.54, 1.807) is 4.90 Å². The van der Waals surface area contributed by atoms with Crippen LogP contribution in [-0.4, -0.2) is 58.4 Å². The zero-order valence-electron chi connectivity index (χ0n) is 13.7. The Hall–Kier alpha value is -1.59. The van der Waals surface area contributed by atoms with Gasteiger partial charge in [0.25, 0.3) is 0 Å². The molecule has 2 amide bonds. The Morgan fingerprint density at radius 2 is 1.74 bits per heavy atom. The van der Waals surface area contributed by atoms with Crippen LogP contribution in [0.25, 0.3) is 0 Å². The van der Waals surface area contributed by atoms with Crippen molar-refractivity contribution in [3.63, 3.8) is 0 Å². The van der Waals surface area contributed by atoms with E-state index in [1.807, 2.05) is 4.90 Å². The van der Waals surface area contributed by atoms with Gasteiger partial charge >= 0.3 is 5.97 Å². The first-order chi connectivity index (χ1) is 11.0. The Labute approximate surface area is 136 Å². The highest BCUT2D eigenvalue weighted by atomic mass is 16.4. The monoisotopic (exact) mass is 322 g/mol. The van der Waals surface area contributed by atoms with E-state index in [1.165, 1.54) is 0 Å². The van der Waals surface area contributed by atoms with E-state index in [4.69, 9.17) is 5.11 Å². The molecule has 1 saturated carbocycles. The molecule has 23 heavy (non-hydrogen) atoms. The van der Waals surface area contributed by atoms with Gasteiger partial charge in [0.2, 0.25) is 11.8 Å². The molecule has 0 aromatic carbocycles. The molecule has 6 heteroatoms. The summed E-state index contributed by atoms with van der Waals surface area (Å²) in [5.41, 5.74) is 0. The minimum atomic E-state index is -0.833. The number of hydrogen-bond donors (Lipinski definition) is 1. The van der Waals surface area contributed by atoms with Gasteiger partial charge < -0.3 is 14.9 Å². The van der Waals surface area contributed by atoms with Gasteiger partial charge in [-0.25, -0.2) is 0 Å². The molecule has 1 aliphatic carbocycles. The number of rotatable bonds is 3. The molecular weight excluding hydrogens is 296 g/mol. The van der Waals surface area contributed by atoms with Gasteiger partial charge in [0.15, 0.2) is 0 Å². The third-order valence-electron chi connectivity index (χ3n) is 5.78. The highest BCUT2D eigenvalue weighted by Gasteiger charge is 2.42. The van der Waals surface area contributed by atoms with Gasteiger partial charge in [-0.3, -0.25) is 14.4 Å². The van der Waals surface area contributed by atoms with Crippen LogP contribution in [0.3, 0.4) is 0 Å². The number of carboxylic acid groups (broad SMARTS) is 1. The highest BCUT2D eigenvalue weighted by molar-refractivity contribution is 5.90. The smallest absolute Gasteiger partial charge is 0.308 e. The lowest BCUT2D eigenvalue weighted by Crippen LogP contribution is -2.40. The van der Waals surface area contributed by atoms with Crippen molar-refractivity contribution < 1.29 is 19.5 Å². The Balaban J connectivity index is 1.57. The van der Waals surface area contributed by atoms with Gasteiger partial charge in [-0.1, -0.05) is 6.92 Å². The molecule has 2 saturated heterocycles. The lowest BCUT2D eigenvalue weighted by atomic mass is 9.86. The van der Waals surface area contributed by atoms with Crippen LogP contribution in [0.2, 0.25) is 0 Å². The molecule has 2 heterocycles. The molecule has 0 aromatic heterocycles. The van der Waals surface area contributed by atoms with E-state index >= 15 is 0 Å². The predicted molar refractivity (Wildman–Crippen MR) is 83.6 cm³/mol. The lowest BCUT2D eigenvalue weighted by Gasteiger charge is -2.33. The molecule has 2 aliphatic heterocycles. The van der Waals surface area contributed by atoms with Crippen LogP contribution in [-0.2, 0) is 14.4 Å². The molecular formula is C17H26N2O4. The highest BCUT2D eigenvalue weighted by Crippen LogP contribution is 2.32. The summed E-state index contributed by atoms with van der Waals surface area (Å²) in [4.78, 5) is 39.5. The fourth-order valence-corrected chi connectivity index (χ4v) is 4.22. The van der Waals surface area contributed by atoms with Crippen molar-refractivity contribution in [3.05, 3.63) is 0 Å². The van der Waals surface area contributed by atoms with Crippen LogP contribution in [0.15, 0.2) is 0 Å². The van der Waals surface area contributed by atoms with Gasteiger partial charge in [0, 0.05) is 32.1 Å². The molecule has 3 aliphatic rings. The summed E-state index contributed by atoms with van der Waals surface area (Å²) in [5, 5.41) is 9.05. The zero-order valence-corrected chi connectivity index (χ0v) is 13.7. The number of carbonyl (C=O) groups excluding carboxylic acids is 2. The second-order valence-electron chi connectivity index (χ2n) is 7.47. The van der Waals surface area contributed by atoms with Crippen molar-refractivity contribution in [3.8, 4) is 0 Å². The normalized spacial score (nSPS) is 34.9. The SMILES string of the molecule is CC1CCC(N2CC(C(=O)N3CCC(C(=O)O)C3)CC2=O)CC1. The van der Waals surface area contributed by atoms with Crippen LogP contribution in [0, 0.1) is 17.8 Å². The number of amides is 2. The summed E-state index contributed by atoms with van der Waals surface area (Å²) in [6, 6.07) is 0.293. The molecule has 1 N–H and O–H groups in total. The maximum atomic E-state index is 12.6. The third-order valence-corrected chi connectivity index (χ3v) is 5.78. The fraction of sp³-hybridized carbons (Fsp3) is 0.824. The second-order valence-corrected chi connectivity index (χ2v) is 7.47. The first-order valence-electron chi connectivity index (χ1n) is 8.76. The zero-order chi connectivity index (χ0) is 16.6. The fourth-order valence-electron chi connectivity index (χ4n) is 4.22. The molecule has 3 rings (SSSR count). The predicted octanol–water partition coefficient (Wildman–Crippen LogP) is 1.35. The van der Waals surface area contributed by atoms with Gasteiger partial charge in [0.05, 0.1) is 11.8 Å². The average molecular weight is 322 g/mol. The number of nitrogens with zero attached hydrogens (tertiary/aromatic N) is 2. The van der Waals surface area contributed by atoms with Crippen molar-refractivity contribution in [2.75, 3.05) is 19.6 Å². The maximum Gasteiger partial charge on any atom is 0.308 e. The molecule has 6 nitrogen and oxygen atoms in total. The Bertz CT molecular complexity index is 499. The second kappa shape index (κ2) is 6.49. The van der Waals surface area contributed by atoms with Crippen LogP contribution in [0.5, 0.6) is 0 Å². The van der Waals surface area contributed by atoms with E-state index in [2.05, 4.69) is 6.92 Å². The number of carboxylic acids is 1. The standard InChI is InChI=1S/C17H26N2O4/c1-11-2-4-14(5-3-11)19-10-13(8-15(19)20)16(21)18-7-6-12(9-18)17(22)23/h11-14H,2-10H2,1H3,(H,22,23). The van der Waals surface area contributed by atoms with Crippen LogP contribution in [0.4, 0.5) is 0 Å². The van der Waals surface area contributed by atoms with E-state index in [-0.39, 0.29) is 17.7 Å². The van der Waals surface area contributed by atoms with E-state index < -0.39 is 11.9 Å². The molecule has 2 atom stereocenters. The van der Waals surface area contributed by atoms with Gasteiger partial charge in [0.1, 0.15) is 0 Å². The molecule has 0 radical (unpaired) electrons. The van der Waals surface area contributed by atoms with Crippen molar-refractivity contribution in [1.29, 1.82) is 0 Å². The summed E-state index contributed by atoms with van der Waals surface area (Å²) in [5.74, 6) is -0.772. The van der Waals surface area contributed by atoms with E-state index in [0.29, 0.717) is 38.5 Å². The minimum Gasteiger partial charge on any atom is -0.481 e. The molecule has 0 bridgehead atoms. The molecule has 128 valence electrons.